The molecular formula is C24H20ClF6N3O2. The third-order valence-electron chi connectivity index (χ3n) is 7.32. The normalized spacial score (nSPS) is 25.0. The summed E-state index contributed by atoms with van der Waals surface area (Å²) >= 11 is 5.80. The van der Waals surface area contributed by atoms with E-state index in [4.69, 9.17) is 16.3 Å². The van der Waals surface area contributed by atoms with Crippen LogP contribution in [-0.4, -0.2) is 38.6 Å². The van der Waals surface area contributed by atoms with Crippen molar-refractivity contribution in [2.24, 2.45) is 5.41 Å². The number of halogens is 7. The molecule has 3 aromatic rings. The summed E-state index contributed by atoms with van der Waals surface area (Å²) in [5.41, 5.74) is -5.05. The van der Waals surface area contributed by atoms with Crippen molar-refractivity contribution >= 4 is 11.6 Å². The highest BCUT2D eigenvalue weighted by Crippen LogP contribution is 2.80. The fraction of sp³-hybridized carbons (Fsp3) is 0.417. The maximum absolute atomic E-state index is 16.2. The molecule has 12 heteroatoms. The number of hydrogen-bond acceptors (Lipinski definition) is 4. The van der Waals surface area contributed by atoms with Crippen LogP contribution in [0.5, 0.6) is 5.75 Å². The third kappa shape index (κ3) is 3.83. The molecule has 2 aromatic carbocycles. The lowest BCUT2D eigenvalue weighted by Crippen LogP contribution is -2.76. The van der Waals surface area contributed by atoms with Gasteiger partial charge in [-0.05, 0) is 54.5 Å². The Balaban J connectivity index is 1.39. The summed E-state index contributed by atoms with van der Waals surface area (Å²) in [6.45, 7) is -2.17. The zero-order chi connectivity index (χ0) is 26.0. The molecule has 1 aromatic heterocycles. The van der Waals surface area contributed by atoms with Crippen molar-refractivity contribution in [1.82, 2.24) is 14.8 Å². The largest absolute Gasteiger partial charge is 0.484 e. The van der Waals surface area contributed by atoms with Gasteiger partial charge in [-0.3, -0.25) is 0 Å². The van der Waals surface area contributed by atoms with Gasteiger partial charge in [-0.25, -0.2) is 22.8 Å². The predicted octanol–water partition coefficient (Wildman–Crippen LogP) is 5.66. The number of alkyl halides is 5. The zero-order valence-corrected chi connectivity index (χ0v) is 19.3. The van der Waals surface area contributed by atoms with E-state index in [1.54, 1.807) is 12.1 Å². The van der Waals surface area contributed by atoms with Gasteiger partial charge in [0.15, 0.2) is 12.2 Å². The quantitative estimate of drug-likeness (QED) is 0.381. The Morgan fingerprint density at radius 1 is 1.03 bits per heavy atom. The average Bonchev–Trinajstić information content (AvgIpc) is 3.23. The van der Waals surface area contributed by atoms with Gasteiger partial charge in [-0.15, -0.1) is 0 Å². The first-order valence-electron chi connectivity index (χ1n) is 11.0. The summed E-state index contributed by atoms with van der Waals surface area (Å²) < 4.78 is 90.1. The number of hydrogen-bond donors (Lipinski definition) is 1. The van der Waals surface area contributed by atoms with E-state index in [0.717, 1.165) is 29.5 Å². The number of aliphatic hydroxyl groups is 1. The highest BCUT2D eigenvalue weighted by molar-refractivity contribution is 6.30. The van der Waals surface area contributed by atoms with E-state index in [9.17, 15) is 22.7 Å². The molecule has 3 aliphatic carbocycles. The maximum atomic E-state index is 16.2. The topological polar surface area (TPSA) is 60.2 Å². The molecule has 0 saturated heterocycles. The monoisotopic (exact) mass is 531 g/mol. The number of nitrogens with zero attached hydrogens (tertiary/aromatic N) is 3. The lowest BCUT2D eigenvalue weighted by molar-refractivity contribution is -0.347. The van der Waals surface area contributed by atoms with Gasteiger partial charge in [0.1, 0.15) is 24.2 Å². The standard InChI is InChI=1S/C24H20ClF6N3O2/c25-16-3-6-18(19(26)7-16)22(35,11-34-14-32-13-33-34)24(30,31)21-8-20(9-21,10-21)15-1-4-17(5-2-15)36-12-23(27,28)29/h1-7,13-14,35H,8-12H2. The van der Waals surface area contributed by atoms with Gasteiger partial charge >= 0.3 is 6.18 Å². The molecule has 1 N–H and O–H groups in total. The second kappa shape index (κ2) is 8.11. The summed E-state index contributed by atoms with van der Waals surface area (Å²) in [4.78, 5) is 3.72. The van der Waals surface area contributed by atoms with E-state index < -0.39 is 53.1 Å². The first kappa shape index (κ1) is 24.9. The second-order valence-corrected chi connectivity index (χ2v) is 10.1. The molecule has 5 nitrogen and oxygen atoms in total. The Morgan fingerprint density at radius 3 is 2.25 bits per heavy atom. The lowest BCUT2D eigenvalue weighted by Gasteiger charge is -2.74. The van der Waals surface area contributed by atoms with Gasteiger partial charge in [-0.1, -0.05) is 29.8 Å². The van der Waals surface area contributed by atoms with E-state index in [1.165, 1.54) is 18.2 Å². The fourth-order valence-electron chi connectivity index (χ4n) is 5.66. The van der Waals surface area contributed by atoms with Crippen molar-refractivity contribution in [1.29, 1.82) is 0 Å². The van der Waals surface area contributed by atoms with Crippen molar-refractivity contribution in [3.8, 4) is 5.75 Å². The van der Waals surface area contributed by atoms with Gasteiger partial charge in [0.05, 0.1) is 6.54 Å². The molecule has 3 fully saturated rings. The van der Waals surface area contributed by atoms with Crippen LogP contribution in [0.15, 0.2) is 55.1 Å². The van der Waals surface area contributed by atoms with Gasteiger partial charge < -0.3 is 9.84 Å². The summed E-state index contributed by atoms with van der Waals surface area (Å²) in [5.74, 6) is -4.82. The molecular weight excluding hydrogens is 512 g/mol. The van der Waals surface area contributed by atoms with Crippen LogP contribution < -0.4 is 4.74 Å². The first-order valence-corrected chi connectivity index (χ1v) is 11.4. The van der Waals surface area contributed by atoms with Crippen LogP contribution in [0.25, 0.3) is 0 Å². The van der Waals surface area contributed by atoms with Crippen molar-refractivity contribution in [2.45, 2.75) is 48.9 Å². The van der Waals surface area contributed by atoms with E-state index >= 15 is 8.78 Å². The van der Waals surface area contributed by atoms with Gasteiger partial charge in [0.25, 0.3) is 5.92 Å². The summed E-state index contributed by atoms with van der Waals surface area (Å²) in [6, 6.07) is 9.01. The maximum Gasteiger partial charge on any atom is 0.422 e. The predicted molar refractivity (Wildman–Crippen MR) is 116 cm³/mol. The van der Waals surface area contributed by atoms with Gasteiger partial charge in [-0.2, -0.15) is 18.3 Å². The van der Waals surface area contributed by atoms with Crippen LogP contribution in [0.4, 0.5) is 26.3 Å². The molecule has 0 amide bonds. The Labute approximate surface area is 206 Å². The van der Waals surface area contributed by atoms with Crippen molar-refractivity contribution < 1.29 is 36.2 Å². The van der Waals surface area contributed by atoms with Crippen LogP contribution in [0.3, 0.4) is 0 Å². The zero-order valence-electron chi connectivity index (χ0n) is 18.6. The molecule has 0 aliphatic heterocycles. The molecule has 192 valence electrons. The van der Waals surface area contributed by atoms with Crippen LogP contribution in [-0.2, 0) is 17.6 Å². The molecule has 36 heavy (non-hydrogen) atoms. The summed E-state index contributed by atoms with van der Waals surface area (Å²) in [7, 11) is 0. The SMILES string of the molecule is OC(Cn1cncn1)(c1ccc(Cl)cc1F)C(F)(F)C12CC(c3ccc(OCC(F)(F)F)cc3)(C1)C2. The van der Waals surface area contributed by atoms with E-state index in [0.29, 0.717) is 5.56 Å². The Hall–Kier alpha value is -2.79. The van der Waals surface area contributed by atoms with E-state index in [2.05, 4.69) is 10.1 Å². The Bertz CT molecular complexity index is 1250. The molecule has 1 unspecified atom stereocenters. The molecule has 2 bridgehead atoms. The Morgan fingerprint density at radius 2 is 1.69 bits per heavy atom. The molecule has 0 radical (unpaired) electrons. The van der Waals surface area contributed by atoms with Crippen molar-refractivity contribution in [3.63, 3.8) is 0 Å². The number of rotatable bonds is 8. The van der Waals surface area contributed by atoms with Crippen molar-refractivity contribution in [3.05, 3.63) is 77.1 Å². The minimum absolute atomic E-state index is 0.00481. The van der Waals surface area contributed by atoms with Crippen LogP contribution in [0, 0.1) is 11.2 Å². The number of ether oxygens (including phenoxy) is 1. The molecule has 1 heterocycles. The van der Waals surface area contributed by atoms with Crippen LogP contribution >= 0.6 is 11.6 Å². The van der Waals surface area contributed by atoms with E-state index in [-0.39, 0.29) is 30.0 Å². The smallest absolute Gasteiger partial charge is 0.422 e. The highest BCUT2D eigenvalue weighted by Gasteiger charge is 2.82. The number of aromatic nitrogens is 3. The first-order chi connectivity index (χ1) is 16.8. The number of benzene rings is 2. The molecule has 6 rings (SSSR count). The summed E-state index contributed by atoms with van der Waals surface area (Å²) in [5, 5.41) is 15.3. The van der Waals surface area contributed by atoms with Crippen LogP contribution in [0.2, 0.25) is 5.02 Å². The Kier molecular flexibility index (Phi) is 5.60. The van der Waals surface area contributed by atoms with Gasteiger partial charge in [0.2, 0.25) is 0 Å². The third-order valence-corrected chi connectivity index (χ3v) is 7.55. The van der Waals surface area contributed by atoms with Crippen molar-refractivity contribution in [2.75, 3.05) is 6.61 Å². The van der Waals surface area contributed by atoms with Crippen LogP contribution in [0.1, 0.15) is 30.4 Å². The molecule has 1 atom stereocenters. The molecule has 3 aliphatic rings. The highest BCUT2D eigenvalue weighted by atomic mass is 35.5. The molecule has 3 saturated carbocycles. The molecule has 0 spiro atoms. The minimum atomic E-state index is -4.48. The fourth-order valence-corrected chi connectivity index (χ4v) is 5.82. The minimum Gasteiger partial charge on any atom is -0.484 e. The summed E-state index contributed by atoms with van der Waals surface area (Å²) in [6.07, 6.45) is -2.15. The average molecular weight is 532 g/mol. The second-order valence-electron chi connectivity index (χ2n) is 9.67. The lowest BCUT2D eigenvalue weighted by atomic mass is 9.30. The van der Waals surface area contributed by atoms with E-state index in [1.807, 2.05) is 0 Å². The van der Waals surface area contributed by atoms with Gasteiger partial charge in [0, 0.05) is 16.0 Å².